The minimum absolute atomic E-state index is 0.584. The van der Waals surface area contributed by atoms with Crippen LogP contribution in [0.15, 0.2) is 16.2 Å². The molecule has 0 unspecified atom stereocenters. The van der Waals surface area contributed by atoms with E-state index in [0.29, 0.717) is 0 Å². The number of carbonyl (C=O) groups is 1. The molecule has 0 atom stereocenters. The van der Waals surface area contributed by atoms with Gasteiger partial charge in [-0.3, -0.25) is 0 Å². The molecule has 13 heavy (non-hydrogen) atoms. The molecule has 0 radical (unpaired) electrons. The van der Waals surface area contributed by atoms with Crippen LogP contribution in [-0.2, 0) is 0 Å². The largest absolute Gasteiger partial charge is 0.350 e. The topological polar surface area (TPSA) is 67.5 Å². The van der Waals surface area contributed by atoms with Crippen molar-refractivity contribution in [2.45, 2.75) is 32.1 Å². The predicted molar refractivity (Wildman–Crippen MR) is 50.3 cm³/mol. The molecule has 2 aliphatic rings. The van der Waals surface area contributed by atoms with Gasteiger partial charge in [-0.2, -0.15) is 5.10 Å². The van der Waals surface area contributed by atoms with E-state index in [4.69, 9.17) is 5.73 Å². The molecule has 0 aromatic carbocycles. The summed E-state index contributed by atoms with van der Waals surface area (Å²) in [4.78, 5) is 10.4. The van der Waals surface area contributed by atoms with Crippen LogP contribution in [0.4, 0.5) is 4.79 Å². The van der Waals surface area contributed by atoms with E-state index in [-0.39, 0.29) is 0 Å². The van der Waals surface area contributed by atoms with Gasteiger partial charge in [-0.25, -0.2) is 10.2 Å². The van der Waals surface area contributed by atoms with E-state index in [1.807, 2.05) is 0 Å². The van der Waals surface area contributed by atoms with Crippen LogP contribution in [-0.4, -0.2) is 11.7 Å². The number of rotatable bonds is 1. The number of nitrogens with one attached hydrogen (secondary N) is 1. The second-order valence-corrected chi connectivity index (χ2v) is 3.47. The molecule has 0 aromatic rings. The Balaban J connectivity index is 2.09. The van der Waals surface area contributed by atoms with Crippen molar-refractivity contribution >= 4 is 11.7 Å². The maximum atomic E-state index is 10.4. The third-order valence-electron chi connectivity index (χ3n) is 2.65. The van der Waals surface area contributed by atoms with Gasteiger partial charge in [0.05, 0.1) is 5.71 Å². The molecule has 4 heteroatoms. The Morgan fingerprint density at radius 1 is 1.31 bits per heavy atom. The summed E-state index contributed by atoms with van der Waals surface area (Å²) in [5, 5.41) is 4.00. The van der Waals surface area contributed by atoms with Gasteiger partial charge in [0.15, 0.2) is 0 Å². The van der Waals surface area contributed by atoms with Crippen LogP contribution in [0, 0.1) is 0 Å². The van der Waals surface area contributed by atoms with E-state index in [1.54, 1.807) is 0 Å². The van der Waals surface area contributed by atoms with Gasteiger partial charge < -0.3 is 5.73 Å². The summed E-state index contributed by atoms with van der Waals surface area (Å²) < 4.78 is 0. The molecule has 0 spiro atoms. The van der Waals surface area contributed by atoms with Crippen molar-refractivity contribution in [2.24, 2.45) is 10.8 Å². The zero-order valence-electron chi connectivity index (χ0n) is 7.47. The Bertz CT molecular complexity index is 304. The number of hydrazone groups is 1. The van der Waals surface area contributed by atoms with Gasteiger partial charge in [0.25, 0.3) is 0 Å². The van der Waals surface area contributed by atoms with Gasteiger partial charge in [-0.15, -0.1) is 0 Å². The zero-order valence-corrected chi connectivity index (χ0v) is 7.47. The van der Waals surface area contributed by atoms with Crippen LogP contribution in [0.5, 0.6) is 0 Å². The minimum Gasteiger partial charge on any atom is -0.350 e. The Morgan fingerprint density at radius 2 is 2.15 bits per heavy atom. The fraction of sp³-hybridized carbons (Fsp3) is 0.556. The summed E-state index contributed by atoms with van der Waals surface area (Å²) in [6.45, 7) is 0. The standard InChI is InChI=1S/C9H13N3O/c10-9(13)12-11-8-5-4-6-2-1-3-7(6)8/h1-5H2,(H3,10,12,13). The Hall–Kier alpha value is -1.32. The van der Waals surface area contributed by atoms with E-state index in [9.17, 15) is 4.79 Å². The van der Waals surface area contributed by atoms with E-state index >= 15 is 0 Å². The first-order valence-electron chi connectivity index (χ1n) is 4.60. The van der Waals surface area contributed by atoms with E-state index in [1.165, 1.54) is 24.0 Å². The van der Waals surface area contributed by atoms with E-state index in [2.05, 4.69) is 10.5 Å². The van der Waals surface area contributed by atoms with Crippen LogP contribution in [0.25, 0.3) is 0 Å². The van der Waals surface area contributed by atoms with E-state index in [0.717, 1.165) is 25.0 Å². The lowest BCUT2D eigenvalue weighted by atomic mass is 10.1. The molecule has 0 saturated carbocycles. The van der Waals surface area contributed by atoms with Gasteiger partial charge in [0, 0.05) is 0 Å². The predicted octanol–water partition coefficient (Wildman–Crippen LogP) is 1.29. The van der Waals surface area contributed by atoms with Crippen molar-refractivity contribution in [2.75, 3.05) is 0 Å². The molecule has 70 valence electrons. The highest BCUT2D eigenvalue weighted by Crippen LogP contribution is 2.36. The third-order valence-corrected chi connectivity index (χ3v) is 2.65. The van der Waals surface area contributed by atoms with Gasteiger partial charge in [0.1, 0.15) is 0 Å². The molecular formula is C9H13N3O. The van der Waals surface area contributed by atoms with Crippen molar-refractivity contribution in [3.63, 3.8) is 0 Å². The highest BCUT2D eigenvalue weighted by Gasteiger charge is 2.24. The molecular weight excluding hydrogens is 166 g/mol. The molecule has 2 amide bonds. The van der Waals surface area contributed by atoms with Crippen LogP contribution in [0.1, 0.15) is 32.1 Å². The number of urea groups is 1. The molecule has 3 N–H and O–H groups in total. The minimum atomic E-state index is -0.584. The number of carbonyl (C=O) groups excluding carboxylic acids is 1. The van der Waals surface area contributed by atoms with Crippen molar-refractivity contribution in [3.05, 3.63) is 11.1 Å². The molecule has 0 aliphatic heterocycles. The smallest absolute Gasteiger partial charge is 0.332 e. The van der Waals surface area contributed by atoms with Gasteiger partial charge in [-0.1, -0.05) is 5.57 Å². The quantitative estimate of drug-likeness (QED) is 0.585. The van der Waals surface area contributed by atoms with Crippen LogP contribution in [0.3, 0.4) is 0 Å². The van der Waals surface area contributed by atoms with Gasteiger partial charge in [-0.05, 0) is 37.7 Å². The summed E-state index contributed by atoms with van der Waals surface area (Å²) in [6, 6.07) is -0.584. The summed E-state index contributed by atoms with van der Waals surface area (Å²) >= 11 is 0. The monoisotopic (exact) mass is 179 g/mol. The number of nitrogens with zero attached hydrogens (tertiary/aromatic N) is 1. The first-order valence-corrected chi connectivity index (χ1v) is 4.60. The van der Waals surface area contributed by atoms with Crippen LogP contribution in [0.2, 0.25) is 0 Å². The number of allylic oxidation sites excluding steroid dienone is 2. The van der Waals surface area contributed by atoms with Crippen molar-refractivity contribution in [1.82, 2.24) is 5.43 Å². The lowest BCUT2D eigenvalue weighted by Gasteiger charge is -2.00. The van der Waals surface area contributed by atoms with Gasteiger partial charge >= 0.3 is 6.03 Å². The van der Waals surface area contributed by atoms with Crippen LogP contribution < -0.4 is 11.2 Å². The maximum absolute atomic E-state index is 10.4. The molecule has 0 bridgehead atoms. The first-order chi connectivity index (χ1) is 6.27. The van der Waals surface area contributed by atoms with Crippen molar-refractivity contribution in [3.8, 4) is 0 Å². The van der Waals surface area contributed by atoms with E-state index < -0.39 is 6.03 Å². The molecule has 2 rings (SSSR count). The Morgan fingerprint density at radius 3 is 2.92 bits per heavy atom. The van der Waals surface area contributed by atoms with Crippen LogP contribution >= 0.6 is 0 Å². The average Bonchev–Trinajstić information content (AvgIpc) is 2.60. The fourth-order valence-electron chi connectivity index (χ4n) is 2.10. The third kappa shape index (κ3) is 1.56. The second kappa shape index (κ2) is 3.20. The SMILES string of the molecule is NC(=O)NN=C1CCC2=C1CCC2. The molecule has 0 fully saturated rings. The number of nitrogens with two attached hydrogens (primary N) is 1. The molecule has 2 aliphatic carbocycles. The summed E-state index contributed by atoms with van der Waals surface area (Å²) in [7, 11) is 0. The lowest BCUT2D eigenvalue weighted by molar-refractivity contribution is 0.249. The summed E-state index contributed by atoms with van der Waals surface area (Å²) in [5.41, 5.74) is 11.2. The number of hydrogen-bond donors (Lipinski definition) is 2. The summed E-state index contributed by atoms with van der Waals surface area (Å²) in [6.07, 6.45) is 5.65. The Labute approximate surface area is 76.9 Å². The molecule has 0 heterocycles. The lowest BCUT2D eigenvalue weighted by Crippen LogP contribution is -2.25. The fourth-order valence-corrected chi connectivity index (χ4v) is 2.10. The Kier molecular flexibility index (Phi) is 2.04. The number of primary amides is 1. The maximum Gasteiger partial charge on any atom is 0.332 e. The zero-order chi connectivity index (χ0) is 9.26. The van der Waals surface area contributed by atoms with Crippen molar-refractivity contribution in [1.29, 1.82) is 0 Å². The average molecular weight is 179 g/mol. The normalized spacial score (nSPS) is 23.8. The highest BCUT2D eigenvalue weighted by molar-refractivity contribution is 6.03. The summed E-state index contributed by atoms with van der Waals surface area (Å²) in [5.74, 6) is 0. The van der Waals surface area contributed by atoms with Gasteiger partial charge in [0.2, 0.25) is 0 Å². The number of amides is 2. The molecule has 4 nitrogen and oxygen atoms in total. The first kappa shape index (κ1) is 8.29. The number of hydrogen-bond acceptors (Lipinski definition) is 2. The van der Waals surface area contributed by atoms with Crippen molar-refractivity contribution < 1.29 is 4.79 Å². The second-order valence-electron chi connectivity index (χ2n) is 3.47. The molecule has 0 saturated heterocycles. The molecule has 0 aromatic heterocycles. The highest BCUT2D eigenvalue weighted by atomic mass is 16.2.